The average molecular weight is 315 g/mol. The first-order valence-electron chi connectivity index (χ1n) is 7.82. The Morgan fingerprint density at radius 1 is 1.30 bits per heavy atom. The Morgan fingerprint density at radius 3 is 2.48 bits per heavy atom. The van der Waals surface area contributed by atoms with Gasteiger partial charge in [-0.05, 0) is 29.5 Å². The van der Waals surface area contributed by atoms with E-state index in [1.54, 1.807) is 0 Å². The van der Waals surface area contributed by atoms with Crippen molar-refractivity contribution in [2.75, 3.05) is 6.54 Å². The second-order valence-electron chi connectivity index (χ2n) is 6.91. The van der Waals surface area contributed by atoms with Gasteiger partial charge in [0.05, 0.1) is 18.2 Å². The Hall–Kier alpha value is -2.14. The summed E-state index contributed by atoms with van der Waals surface area (Å²) in [6, 6.07) is 9.70. The van der Waals surface area contributed by atoms with Crippen LogP contribution in [0.4, 0.5) is 0 Å². The highest BCUT2D eigenvalue weighted by Crippen LogP contribution is 2.23. The number of amides is 1. The Bertz CT molecular complexity index is 654. The minimum atomic E-state index is -0.714. The molecule has 0 aliphatic carbocycles. The van der Waals surface area contributed by atoms with E-state index in [-0.39, 0.29) is 24.3 Å². The van der Waals surface area contributed by atoms with Gasteiger partial charge < -0.3 is 10.4 Å². The number of aromatic amines is 1. The molecule has 1 aromatic carbocycles. The number of carbonyl (C=O) groups excluding carboxylic acids is 1. The van der Waals surface area contributed by atoms with Gasteiger partial charge >= 0.3 is 0 Å². The summed E-state index contributed by atoms with van der Waals surface area (Å²) in [6.07, 6.45) is -0.506. The molecule has 5 nitrogen and oxygen atoms in total. The van der Waals surface area contributed by atoms with Gasteiger partial charge in [0.25, 0.3) is 0 Å². The first kappa shape index (κ1) is 17.2. The molecule has 124 valence electrons. The zero-order chi connectivity index (χ0) is 17.0. The van der Waals surface area contributed by atoms with Crippen LogP contribution >= 0.6 is 0 Å². The van der Waals surface area contributed by atoms with Gasteiger partial charge in [-0.3, -0.25) is 9.89 Å². The van der Waals surface area contributed by atoms with Crippen molar-refractivity contribution in [2.24, 2.45) is 0 Å². The lowest BCUT2D eigenvalue weighted by Gasteiger charge is -2.20. The molecule has 3 N–H and O–H groups in total. The standard InChI is InChI=1S/C18H25N3O2/c1-12-9-15(21-20-12)10-17(23)19-11-16(22)13-5-7-14(8-6-13)18(2,3)4/h5-9,16,22H,10-11H2,1-4H3,(H,19,23)(H,20,21)/t16-/m1/s1. The summed E-state index contributed by atoms with van der Waals surface area (Å²) in [6.45, 7) is 8.52. The minimum absolute atomic E-state index is 0.0827. The number of aliphatic hydroxyl groups excluding tert-OH is 1. The van der Waals surface area contributed by atoms with Gasteiger partial charge in [0.1, 0.15) is 0 Å². The SMILES string of the molecule is Cc1cc(CC(=O)NC[C@@H](O)c2ccc(C(C)(C)C)cc2)n[nH]1. The van der Waals surface area contributed by atoms with Crippen LogP contribution < -0.4 is 5.32 Å². The molecule has 0 aliphatic heterocycles. The van der Waals surface area contributed by atoms with Gasteiger partial charge in [0, 0.05) is 12.2 Å². The van der Waals surface area contributed by atoms with E-state index in [9.17, 15) is 9.90 Å². The molecule has 0 spiro atoms. The van der Waals surface area contributed by atoms with Gasteiger partial charge in [0.2, 0.25) is 5.91 Å². The third-order valence-electron chi connectivity index (χ3n) is 3.75. The topological polar surface area (TPSA) is 78.0 Å². The molecular formula is C18H25N3O2. The Morgan fingerprint density at radius 2 is 1.96 bits per heavy atom. The van der Waals surface area contributed by atoms with E-state index >= 15 is 0 Å². The summed E-state index contributed by atoms with van der Waals surface area (Å²) in [5, 5.41) is 19.8. The lowest BCUT2D eigenvalue weighted by Crippen LogP contribution is -2.29. The normalized spacial score (nSPS) is 12.9. The van der Waals surface area contributed by atoms with Crippen molar-refractivity contribution in [2.45, 2.75) is 45.6 Å². The third kappa shape index (κ3) is 4.93. The average Bonchev–Trinajstić information content (AvgIpc) is 2.89. The van der Waals surface area contributed by atoms with E-state index in [4.69, 9.17) is 0 Å². The van der Waals surface area contributed by atoms with Crippen molar-refractivity contribution in [3.63, 3.8) is 0 Å². The van der Waals surface area contributed by atoms with Crippen molar-refractivity contribution >= 4 is 5.91 Å². The maximum absolute atomic E-state index is 11.9. The van der Waals surface area contributed by atoms with E-state index < -0.39 is 6.10 Å². The smallest absolute Gasteiger partial charge is 0.226 e. The lowest BCUT2D eigenvalue weighted by molar-refractivity contribution is -0.120. The molecule has 5 heteroatoms. The number of aromatic nitrogens is 2. The molecule has 2 aromatic rings. The third-order valence-corrected chi connectivity index (χ3v) is 3.75. The molecule has 0 aliphatic rings. The van der Waals surface area contributed by atoms with Crippen LogP contribution in [0.3, 0.4) is 0 Å². The van der Waals surface area contributed by atoms with Crippen molar-refractivity contribution in [1.82, 2.24) is 15.5 Å². The summed E-state index contributed by atoms with van der Waals surface area (Å²) >= 11 is 0. The Balaban J connectivity index is 1.86. The number of hydrogen-bond donors (Lipinski definition) is 3. The number of nitrogens with zero attached hydrogens (tertiary/aromatic N) is 1. The second-order valence-corrected chi connectivity index (χ2v) is 6.91. The van der Waals surface area contributed by atoms with Gasteiger partial charge in [-0.25, -0.2) is 0 Å². The molecule has 0 unspecified atom stereocenters. The fraction of sp³-hybridized carbons (Fsp3) is 0.444. The zero-order valence-corrected chi connectivity index (χ0v) is 14.2. The highest BCUT2D eigenvalue weighted by Gasteiger charge is 2.15. The Kier molecular flexibility index (Phi) is 5.21. The molecule has 0 radical (unpaired) electrons. The van der Waals surface area contributed by atoms with Gasteiger partial charge in [-0.2, -0.15) is 5.10 Å². The fourth-order valence-corrected chi connectivity index (χ4v) is 2.33. The van der Waals surface area contributed by atoms with Crippen LogP contribution in [0.1, 0.15) is 49.4 Å². The maximum atomic E-state index is 11.9. The molecular weight excluding hydrogens is 290 g/mol. The summed E-state index contributed by atoms with van der Waals surface area (Å²) in [5.74, 6) is -0.151. The quantitative estimate of drug-likeness (QED) is 0.793. The number of benzene rings is 1. The monoisotopic (exact) mass is 315 g/mol. The first-order chi connectivity index (χ1) is 10.8. The van der Waals surface area contributed by atoms with Crippen molar-refractivity contribution in [1.29, 1.82) is 0 Å². The maximum Gasteiger partial charge on any atom is 0.226 e. The van der Waals surface area contributed by atoms with E-state index in [0.717, 1.165) is 11.3 Å². The summed E-state index contributed by atoms with van der Waals surface area (Å²) in [7, 11) is 0. The minimum Gasteiger partial charge on any atom is -0.387 e. The predicted molar refractivity (Wildman–Crippen MR) is 90.1 cm³/mol. The number of aryl methyl sites for hydroxylation is 1. The van der Waals surface area contributed by atoms with E-state index in [2.05, 4.69) is 36.3 Å². The van der Waals surface area contributed by atoms with Gasteiger partial charge in [-0.15, -0.1) is 0 Å². The number of nitrogens with one attached hydrogen (secondary N) is 2. The summed E-state index contributed by atoms with van der Waals surface area (Å²) < 4.78 is 0. The zero-order valence-electron chi connectivity index (χ0n) is 14.2. The van der Waals surface area contributed by atoms with Gasteiger partial charge in [0.15, 0.2) is 0 Å². The molecule has 2 rings (SSSR count). The summed E-state index contributed by atoms with van der Waals surface area (Å²) in [5.41, 5.74) is 3.72. The van der Waals surface area contributed by atoms with Crippen LogP contribution in [0, 0.1) is 6.92 Å². The van der Waals surface area contributed by atoms with E-state index in [1.807, 2.05) is 37.3 Å². The second kappa shape index (κ2) is 6.96. The number of rotatable bonds is 5. The molecule has 0 saturated heterocycles. The van der Waals surface area contributed by atoms with Gasteiger partial charge in [-0.1, -0.05) is 45.0 Å². The van der Waals surface area contributed by atoms with Crippen molar-refractivity contribution in [3.8, 4) is 0 Å². The van der Waals surface area contributed by atoms with Crippen LogP contribution in [-0.4, -0.2) is 27.8 Å². The molecule has 0 bridgehead atoms. The highest BCUT2D eigenvalue weighted by atomic mass is 16.3. The van der Waals surface area contributed by atoms with Crippen LogP contribution in [-0.2, 0) is 16.6 Å². The number of H-pyrrole nitrogens is 1. The highest BCUT2D eigenvalue weighted by molar-refractivity contribution is 5.78. The number of carbonyl (C=O) groups is 1. The van der Waals surface area contributed by atoms with Crippen molar-refractivity contribution in [3.05, 3.63) is 52.8 Å². The molecule has 0 saturated carbocycles. The molecule has 1 atom stereocenters. The number of aliphatic hydroxyl groups is 1. The van der Waals surface area contributed by atoms with Crippen LogP contribution in [0.5, 0.6) is 0 Å². The molecule has 0 fully saturated rings. The first-order valence-corrected chi connectivity index (χ1v) is 7.82. The Labute approximate surface area is 137 Å². The molecule has 1 heterocycles. The summed E-state index contributed by atoms with van der Waals surface area (Å²) in [4.78, 5) is 11.9. The molecule has 1 aromatic heterocycles. The fourth-order valence-electron chi connectivity index (χ4n) is 2.33. The van der Waals surface area contributed by atoms with Crippen molar-refractivity contribution < 1.29 is 9.90 Å². The van der Waals surface area contributed by atoms with Crippen LogP contribution in [0.15, 0.2) is 30.3 Å². The molecule has 1 amide bonds. The van der Waals surface area contributed by atoms with E-state index in [0.29, 0.717) is 5.69 Å². The van der Waals surface area contributed by atoms with Crippen LogP contribution in [0.2, 0.25) is 0 Å². The molecule has 23 heavy (non-hydrogen) atoms. The lowest BCUT2D eigenvalue weighted by atomic mass is 9.86. The largest absolute Gasteiger partial charge is 0.387 e. The predicted octanol–water partition coefficient (Wildman–Crippen LogP) is 2.41. The van der Waals surface area contributed by atoms with E-state index in [1.165, 1.54) is 5.56 Å². The number of hydrogen-bond acceptors (Lipinski definition) is 3. The van der Waals surface area contributed by atoms with Crippen LogP contribution in [0.25, 0.3) is 0 Å².